The average molecular weight is 239 g/mol. The summed E-state index contributed by atoms with van der Waals surface area (Å²) in [5.74, 6) is 0. The number of nitrogens with one attached hydrogen (secondary N) is 1. The lowest BCUT2D eigenvalue weighted by atomic mass is 9.96. The van der Waals surface area contributed by atoms with Gasteiger partial charge in [-0.2, -0.15) is 0 Å². The number of hydrogen-bond acceptors (Lipinski definition) is 1. The van der Waals surface area contributed by atoms with Crippen LogP contribution in [0.4, 0.5) is 0 Å². The number of benzene rings is 2. The lowest BCUT2D eigenvalue weighted by Gasteiger charge is -2.18. The van der Waals surface area contributed by atoms with Gasteiger partial charge in [0.25, 0.3) is 0 Å². The van der Waals surface area contributed by atoms with Gasteiger partial charge in [-0.15, -0.1) is 0 Å². The van der Waals surface area contributed by atoms with Crippen LogP contribution in [0.1, 0.15) is 28.3 Å². The topological polar surface area (TPSA) is 12.0 Å². The molecule has 1 N–H and O–H groups in total. The van der Waals surface area contributed by atoms with Gasteiger partial charge >= 0.3 is 0 Å². The highest BCUT2D eigenvalue weighted by atomic mass is 14.9. The van der Waals surface area contributed by atoms with Crippen molar-refractivity contribution in [1.29, 1.82) is 0 Å². The van der Waals surface area contributed by atoms with Crippen molar-refractivity contribution in [3.8, 4) is 0 Å². The number of aryl methyl sites for hydroxylation is 2. The fourth-order valence-electron chi connectivity index (χ4n) is 2.22. The van der Waals surface area contributed by atoms with E-state index in [0.717, 1.165) is 6.42 Å². The van der Waals surface area contributed by atoms with Crippen LogP contribution in [0.15, 0.2) is 48.5 Å². The van der Waals surface area contributed by atoms with E-state index in [-0.39, 0.29) is 0 Å². The third kappa shape index (κ3) is 2.99. The third-order valence-electron chi connectivity index (χ3n) is 3.56. The first-order chi connectivity index (χ1) is 8.70. The highest BCUT2D eigenvalue weighted by Crippen LogP contribution is 2.20. The quantitative estimate of drug-likeness (QED) is 0.855. The largest absolute Gasteiger partial charge is 0.313 e. The van der Waals surface area contributed by atoms with Gasteiger partial charge < -0.3 is 5.32 Å². The molecule has 2 aromatic rings. The molecule has 0 heterocycles. The SMILES string of the molecule is CNC(Cc1ccccc1)c1ccc(C)c(C)c1. The minimum Gasteiger partial charge on any atom is -0.313 e. The molecule has 0 aliphatic carbocycles. The van der Waals surface area contributed by atoms with Gasteiger partial charge in [-0.05, 0) is 49.6 Å². The van der Waals surface area contributed by atoms with E-state index in [1.807, 2.05) is 7.05 Å². The second-order valence-corrected chi connectivity index (χ2v) is 4.87. The van der Waals surface area contributed by atoms with E-state index in [9.17, 15) is 0 Å². The Morgan fingerprint density at radius 3 is 2.28 bits per heavy atom. The van der Waals surface area contributed by atoms with Crippen molar-refractivity contribution >= 4 is 0 Å². The van der Waals surface area contributed by atoms with Crippen molar-refractivity contribution in [3.63, 3.8) is 0 Å². The predicted molar refractivity (Wildman–Crippen MR) is 77.9 cm³/mol. The average Bonchev–Trinajstić information content (AvgIpc) is 2.40. The van der Waals surface area contributed by atoms with Crippen molar-refractivity contribution in [2.24, 2.45) is 0 Å². The van der Waals surface area contributed by atoms with Crippen molar-refractivity contribution in [1.82, 2.24) is 5.32 Å². The molecule has 18 heavy (non-hydrogen) atoms. The lowest BCUT2D eigenvalue weighted by molar-refractivity contribution is 0.591. The van der Waals surface area contributed by atoms with Gasteiger partial charge in [0.2, 0.25) is 0 Å². The van der Waals surface area contributed by atoms with Crippen LogP contribution in [0.25, 0.3) is 0 Å². The zero-order valence-electron chi connectivity index (χ0n) is 11.4. The number of hydrogen-bond donors (Lipinski definition) is 1. The van der Waals surface area contributed by atoms with Gasteiger partial charge in [0, 0.05) is 6.04 Å². The van der Waals surface area contributed by atoms with Crippen molar-refractivity contribution in [3.05, 3.63) is 70.8 Å². The second kappa shape index (κ2) is 5.83. The zero-order valence-corrected chi connectivity index (χ0v) is 11.4. The summed E-state index contributed by atoms with van der Waals surface area (Å²) in [6, 6.07) is 17.7. The number of likely N-dealkylation sites (N-methyl/N-ethyl adjacent to an activating group) is 1. The molecule has 0 aliphatic rings. The highest BCUT2D eigenvalue weighted by Gasteiger charge is 2.10. The first kappa shape index (κ1) is 12.8. The lowest BCUT2D eigenvalue weighted by Crippen LogP contribution is -2.19. The Hall–Kier alpha value is -1.60. The normalized spacial score (nSPS) is 12.4. The molecule has 0 saturated heterocycles. The summed E-state index contributed by atoms with van der Waals surface area (Å²) in [5, 5.41) is 3.41. The second-order valence-electron chi connectivity index (χ2n) is 4.87. The molecule has 2 aromatic carbocycles. The van der Waals surface area contributed by atoms with Gasteiger partial charge in [0.05, 0.1) is 0 Å². The fraction of sp³-hybridized carbons (Fsp3) is 0.294. The van der Waals surface area contributed by atoms with Gasteiger partial charge in [-0.25, -0.2) is 0 Å². The van der Waals surface area contributed by atoms with E-state index < -0.39 is 0 Å². The summed E-state index contributed by atoms with van der Waals surface area (Å²) < 4.78 is 0. The molecule has 0 saturated carbocycles. The van der Waals surface area contributed by atoms with Crippen molar-refractivity contribution in [2.45, 2.75) is 26.3 Å². The Morgan fingerprint density at radius 2 is 1.67 bits per heavy atom. The summed E-state index contributed by atoms with van der Waals surface area (Å²) in [4.78, 5) is 0. The molecular weight excluding hydrogens is 218 g/mol. The van der Waals surface area contributed by atoms with Crippen LogP contribution in [0, 0.1) is 13.8 Å². The maximum Gasteiger partial charge on any atom is 0.0358 e. The summed E-state index contributed by atoms with van der Waals surface area (Å²) in [6.45, 7) is 4.33. The molecule has 1 nitrogen and oxygen atoms in total. The number of rotatable bonds is 4. The van der Waals surface area contributed by atoms with Crippen LogP contribution in [0.3, 0.4) is 0 Å². The van der Waals surface area contributed by atoms with E-state index in [1.165, 1.54) is 22.3 Å². The van der Waals surface area contributed by atoms with Crippen LogP contribution in [0.2, 0.25) is 0 Å². The molecule has 1 atom stereocenters. The molecule has 2 rings (SSSR count). The van der Waals surface area contributed by atoms with E-state index in [4.69, 9.17) is 0 Å². The van der Waals surface area contributed by atoms with E-state index in [0.29, 0.717) is 6.04 Å². The molecule has 0 bridgehead atoms. The first-order valence-electron chi connectivity index (χ1n) is 6.49. The summed E-state index contributed by atoms with van der Waals surface area (Å²) in [6.07, 6.45) is 1.03. The Labute approximate surface area is 110 Å². The van der Waals surface area contributed by atoms with Crippen LogP contribution >= 0.6 is 0 Å². The van der Waals surface area contributed by atoms with E-state index in [1.54, 1.807) is 0 Å². The van der Waals surface area contributed by atoms with Gasteiger partial charge in [0.15, 0.2) is 0 Å². The molecule has 1 heteroatoms. The summed E-state index contributed by atoms with van der Waals surface area (Å²) in [7, 11) is 2.03. The smallest absolute Gasteiger partial charge is 0.0358 e. The van der Waals surface area contributed by atoms with Crippen molar-refractivity contribution < 1.29 is 0 Å². The minimum atomic E-state index is 0.381. The van der Waals surface area contributed by atoms with Crippen LogP contribution in [0.5, 0.6) is 0 Å². The standard InChI is InChI=1S/C17H21N/c1-13-9-10-16(11-14(13)2)17(18-3)12-15-7-5-4-6-8-15/h4-11,17-18H,12H2,1-3H3. The fourth-order valence-corrected chi connectivity index (χ4v) is 2.22. The van der Waals surface area contributed by atoms with E-state index >= 15 is 0 Å². The molecule has 1 unspecified atom stereocenters. The van der Waals surface area contributed by atoms with Gasteiger partial charge in [-0.1, -0.05) is 48.5 Å². The molecule has 0 aliphatic heterocycles. The van der Waals surface area contributed by atoms with E-state index in [2.05, 4.69) is 67.7 Å². The van der Waals surface area contributed by atoms with Crippen LogP contribution in [-0.4, -0.2) is 7.05 Å². The third-order valence-corrected chi connectivity index (χ3v) is 3.56. The Kier molecular flexibility index (Phi) is 4.16. The van der Waals surface area contributed by atoms with Crippen molar-refractivity contribution in [2.75, 3.05) is 7.05 Å². The molecule has 0 aromatic heterocycles. The zero-order chi connectivity index (χ0) is 13.0. The first-order valence-corrected chi connectivity index (χ1v) is 6.49. The summed E-state index contributed by atoms with van der Waals surface area (Å²) in [5.41, 5.74) is 5.45. The molecule has 0 amide bonds. The van der Waals surface area contributed by atoms with Crippen LogP contribution in [-0.2, 0) is 6.42 Å². The Balaban J connectivity index is 2.20. The van der Waals surface area contributed by atoms with Gasteiger partial charge in [0.1, 0.15) is 0 Å². The highest BCUT2D eigenvalue weighted by molar-refractivity contribution is 5.32. The molecule has 94 valence electrons. The molecule has 0 fully saturated rings. The van der Waals surface area contributed by atoms with Crippen LogP contribution < -0.4 is 5.32 Å². The summed E-state index contributed by atoms with van der Waals surface area (Å²) >= 11 is 0. The Bertz CT molecular complexity index is 502. The Morgan fingerprint density at radius 1 is 0.944 bits per heavy atom. The molecular formula is C17H21N. The predicted octanol–water partition coefficient (Wildman–Crippen LogP) is 3.81. The molecule has 0 radical (unpaired) electrons. The maximum absolute atomic E-state index is 3.41. The minimum absolute atomic E-state index is 0.381. The maximum atomic E-state index is 3.41. The monoisotopic (exact) mass is 239 g/mol. The molecule has 0 spiro atoms. The van der Waals surface area contributed by atoms with Gasteiger partial charge in [-0.3, -0.25) is 0 Å².